The lowest BCUT2D eigenvalue weighted by Crippen LogP contribution is -2.37. The maximum Gasteiger partial charge on any atom is 0.230 e. The van der Waals surface area contributed by atoms with Crippen LogP contribution in [-0.4, -0.2) is 83.6 Å². The number of nitrogens with one attached hydrogen (secondary N) is 1. The number of aromatic nitrogens is 4. The van der Waals surface area contributed by atoms with Gasteiger partial charge in [0, 0.05) is 55.4 Å². The van der Waals surface area contributed by atoms with Crippen molar-refractivity contribution in [2.24, 2.45) is 0 Å². The maximum atomic E-state index is 15.5. The van der Waals surface area contributed by atoms with Crippen molar-refractivity contribution in [3.8, 4) is 45.8 Å². The predicted molar refractivity (Wildman–Crippen MR) is 186 cm³/mol. The van der Waals surface area contributed by atoms with Crippen LogP contribution in [0.15, 0.2) is 79.4 Å². The van der Waals surface area contributed by atoms with Crippen molar-refractivity contribution >= 4 is 33.3 Å². The number of pyridine rings is 2. The van der Waals surface area contributed by atoms with Crippen LogP contribution >= 0.6 is 0 Å². The zero-order valence-electron chi connectivity index (χ0n) is 27.6. The highest BCUT2D eigenvalue weighted by atomic mass is 19.1. The molecular weight excluding hydrogens is 643 g/mol. The minimum atomic E-state index is -0.643. The highest BCUT2D eigenvalue weighted by molar-refractivity contribution is 6.00. The normalized spacial score (nSPS) is 13.3. The van der Waals surface area contributed by atoms with E-state index in [-0.39, 0.29) is 17.4 Å². The quantitative estimate of drug-likeness (QED) is 0.133. The van der Waals surface area contributed by atoms with Gasteiger partial charge in [-0.15, -0.1) is 0 Å². The molecule has 0 saturated carbocycles. The van der Waals surface area contributed by atoms with E-state index in [2.05, 4.69) is 30.2 Å². The van der Waals surface area contributed by atoms with E-state index in [4.69, 9.17) is 23.7 Å². The Morgan fingerprint density at radius 3 is 2.50 bits per heavy atom. The second-order valence-corrected chi connectivity index (χ2v) is 11.5. The van der Waals surface area contributed by atoms with Gasteiger partial charge in [0.15, 0.2) is 23.1 Å². The molecule has 2 N–H and O–H groups in total. The van der Waals surface area contributed by atoms with Gasteiger partial charge in [0.05, 0.1) is 55.8 Å². The van der Waals surface area contributed by atoms with Crippen molar-refractivity contribution < 1.29 is 33.2 Å². The van der Waals surface area contributed by atoms with Crippen molar-refractivity contribution in [3.05, 3.63) is 85.2 Å². The summed E-state index contributed by atoms with van der Waals surface area (Å²) in [5.74, 6) is 1.49. The summed E-state index contributed by atoms with van der Waals surface area (Å²) < 4.78 is 43.8. The number of benzene rings is 3. The SMILES string of the molecule is COc1ccc(-c2cnc3ccnc(Nc4ccc(Oc5ncnc6cc(OCCCN7CCOCC7)c(OC)cc56)c(F)c4)c3c2O)cc1. The van der Waals surface area contributed by atoms with E-state index in [0.29, 0.717) is 62.7 Å². The Kier molecular flexibility index (Phi) is 9.67. The number of nitrogens with zero attached hydrogens (tertiary/aromatic N) is 5. The zero-order chi connectivity index (χ0) is 34.5. The third-order valence-electron chi connectivity index (χ3n) is 8.42. The van der Waals surface area contributed by atoms with E-state index in [0.717, 1.165) is 44.8 Å². The Morgan fingerprint density at radius 2 is 1.72 bits per heavy atom. The fraction of sp³-hybridized carbons (Fsp3) is 0.243. The average molecular weight is 679 g/mol. The van der Waals surface area contributed by atoms with E-state index in [9.17, 15) is 5.11 Å². The second kappa shape index (κ2) is 14.8. The van der Waals surface area contributed by atoms with Gasteiger partial charge >= 0.3 is 0 Å². The lowest BCUT2D eigenvalue weighted by atomic mass is 10.0. The van der Waals surface area contributed by atoms with Crippen molar-refractivity contribution in [2.75, 3.05) is 59.0 Å². The van der Waals surface area contributed by atoms with Gasteiger partial charge < -0.3 is 34.1 Å². The molecule has 13 heteroatoms. The molecule has 1 saturated heterocycles. The van der Waals surface area contributed by atoms with Crippen LogP contribution in [0, 0.1) is 5.82 Å². The van der Waals surface area contributed by atoms with Crippen molar-refractivity contribution in [1.82, 2.24) is 24.8 Å². The molecule has 0 spiro atoms. The Balaban J connectivity index is 1.09. The lowest BCUT2D eigenvalue weighted by Gasteiger charge is -2.26. The largest absolute Gasteiger partial charge is 0.506 e. The number of methoxy groups -OCH3 is 2. The third-order valence-corrected chi connectivity index (χ3v) is 8.42. The Hall–Kier alpha value is -5.79. The van der Waals surface area contributed by atoms with Gasteiger partial charge in [-0.1, -0.05) is 12.1 Å². The van der Waals surface area contributed by atoms with Gasteiger partial charge in [0.1, 0.15) is 23.6 Å². The number of hydrogen-bond acceptors (Lipinski definition) is 12. The summed E-state index contributed by atoms with van der Waals surface area (Å²) in [5.41, 5.74) is 2.72. The first kappa shape index (κ1) is 32.7. The van der Waals surface area contributed by atoms with E-state index in [1.165, 1.54) is 18.5 Å². The molecule has 3 aromatic heterocycles. The molecule has 0 aliphatic carbocycles. The van der Waals surface area contributed by atoms with E-state index < -0.39 is 5.82 Å². The highest BCUT2D eigenvalue weighted by Gasteiger charge is 2.18. The predicted octanol–water partition coefficient (Wildman–Crippen LogP) is 6.74. The van der Waals surface area contributed by atoms with E-state index >= 15 is 4.39 Å². The summed E-state index contributed by atoms with van der Waals surface area (Å²) in [6.45, 7) is 4.79. The van der Waals surface area contributed by atoms with Gasteiger partial charge in [-0.2, -0.15) is 0 Å². The second-order valence-electron chi connectivity index (χ2n) is 11.5. The standard InChI is InChI=1S/C37H35FN6O6/c1-46-25-7-4-23(5-8-25)27-21-40-29-10-11-39-36(34(29)35(27)45)43-24-6-9-31(28(38)18-24)50-37-26-19-32(47-2)33(20-30(26)41-22-42-37)49-15-3-12-44-13-16-48-17-14-44/h4-11,18-22H,3,12-17H2,1-2H3,(H,39,43)(H,40,45). The van der Waals surface area contributed by atoms with Crippen LogP contribution in [0.1, 0.15) is 6.42 Å². The van der Waals surface area contributed by atoms with Gasteiger partial charge in [-0.3, -0.25) is 9.88 Å². The highest BCUT2D eigenvalue weighted by Crippen LogP contribution is 2.40. The molecule has 3 aromatic carbocycles. The van der Waals surface area contributed by atoms with Crippen LogP contribution in [-0.2, 0) is 4.74 Å². The van der Waals surface area contributed by atoms with Crippen molar-refractivity contribution in [3.63, 3.8) is 0 Å². The molecule has 0 unspecified atom stereocenters. The fourth-order valence-electron chi connectivity index (χ4n) is 5.79. The topological polar surface area (TPSA) is 133 Å². The van der Waals surface area contributed by atoms with E-state index in [1.807, 2.05) is 12.1 Å². The lowest BCUT2D eigenvalue weighted by molar-refractivity contribution is 0.0357. The van der Waals surface area contributed by atoms with Gasteiger partial charge in [-0.05, 0) is 48.4 Å². The minimum Gasteiger partial charge on any atom is -0.506 e. The number of aromatic hydroxyl groups is 1. The molecular formula is C37H35FN6O6. The van der Waals surface area contributed by atoms with Crippen molar-refractivity contribution in [2.45, 2.75) is 6.42 Å². The molecule has 12 nitrogen and oxygen atoms in total. The number of rotatable bonds is 12. The first-order valence-electron chi connectivity index (χ1n) is 16.1. The summed E-state index contributed by atoms with van der Waals surface area (Å²) in [5, 5.41) is 15.4. The first-order chi connectivity index (χ1) is 24.5. The van der Waals surface area contributed by atoms with Crippen LogP contribution in [0.4, 0.5) is 15.9 Å². The number of hydrogen-bond donors (Lipinski definition) is 2. The Labute approximate surface area is 287 Å². The van der Waals surface area contributed by atoms with Crippen LogP contribution in [0.2, 0.25) is 0 Å². The molecule has 1 aliphatic rings. The minimum absolute atomic E-state index is 0.0104. The molecule has 256 valence electrons. The van der Waals surface area contributed by atoms with Crippen LogP contribution in [0.5, 0.6) is 34.6 Å². The molecule has 50 heavy (non-hydrogen) atoms. The van der Waals surface area contributed by atoms with Crippen LogP contribution < -0.4 is 24.3 Å². The zero-order valence-corrected chi connectivity index (χ0v) is 27.6. The molecule has 4 heterocycles. The number of halogens is 1. The van der Waals surface area contributed by atoms with Crippen LogP contribution in [0.25, 0.3) is 32.9 Å². The monoisotopic (exact) mass is 678 g/mol. The first-order valence-corrected chi connectivity index (χ1v) is 16.1. The summed E-state index contributed by atoms with van der Waals surface area (Å²) >= 11 is 0. The third kappa shape index (κ3) is 7.00. The maximum absolute atomic E-state index is 15.5. The Bertz CT molecular complexity index is 2130. The smallest absolute Gasteiger partial charge is 0.230 e. The van der Waals surface area contributed by atoms with Gasteiger partial charge in [0.25, 0.3) is 0 Å². The number of ether oxygens (including phenoxy) is 5. The van der Waals surface area contributed by atoms with Crippen LogP contribution in [0.3, 0.4) is 0 Å². The fourth-order valence-corrected chi connectivity index (χ4v) is 5.79. The summed E-state index contributed by atoms with van der Waals surface area (Å²) in [6, 6.07) is 16.9. The molecule has 0 amide bonds. The molecule has 0 bridgehead atoms. The molecule has 0 atom stereocenters. The number of morpholine rings is 1. The Morgan fingerprint density at radius 1 is 0.880 bits per heavy atom. The van der Waals surface area contributed by atoms with E-state index in [1.54, 1.807) is 63.0 Å². The summed E-state index contributed by atoms with van der Waals surface area (Å²) in [4.78, 5) is 19.9. The molecule has 6 aromatic rings. The van der Waals surface area contributed by atoms with Gasteiger partial charge in [-0.25, -0.2) is 19.3 Å². The van der Waals surface area contributed by atoms with Crippen molar-refractivity contribution in [1.29, 1.82) is 0 Å². The summed E-state index contributed by atoms with van der Waals surface area (Å²) in [7, 11) is 3.14. The molecule has 7 rings (SSSR count). The molecule has 0 radical (unpaired) electrons. The molecule has 1 fully saturated rings. The molecule has 1 aliphatic heterocycles. The average Bonchev–Trinajstić information content (AvgIpc) is 3.15. The number of fused-ring (bicyclic) bond motifs is 2. The van der Waals surface area contributed by atoms with Gasteiger partial charge in [0.2, 0.25) is 5.88 Å². The number of anilines is 2. The summed E-state index contributed by atoms with van der Waals surface area (Å²) in [6.07, 6.45) is 5.37.